The molecule has 24 heavy (non-hydrogen) atoms. The van der Waals surface area contributed by atoms with E-state index in [0.29, 0.717) is 12.5 Å². The maximum atomic E-state index is 5.92. The summed E-state index contributed by atoms with van der Waals surface area (Å²) in [6.07, 6.45) is 9.37. The second kappa shape index (κ2) is 7.43. The molecule has 0 bridgehead atoms. The zero-order valence-corrected chi connectivity index (χ0v) is 14.5. The lowest BCUT2D eigenvalue weighted by atomic mass is 9.86. The topological polar surface area (TPSA) is 35.0 Å². The van der Waals surface area contributed by atoms with Gasteiger partial charge in [0, 0.05) is 18.0 Å². The number of ether oxygens (including phenoxy) is 1. The van der Waals surface area contributed by atoms with Crippen LogP contribution in [0, 0.1) is 12.8 Å². The van der Waals surface area contributed by atoms with Crippen LogP contribution in [-0.4, -0.2) is 16.6 Å². The van der Waals surface area contributed by atoms with Crippen molar-refractivity contribution in [1.29, 1.82) is 0 Å². The van der Waals surface area contributed by atoms with Crippen LogP contribution in [0.2, 0.25) is 0 Å². The SMILES string of the molecule is C=C(C)C1CC=C(COc2ccc(-c3ncc(C)cn3)cc2)CC1. The normalized spacial score (nSPS) is 17.2. The number of rotatable bonds is 5. The van der Waals surface area contributed by atoms with Crippen molar-refractivity contribution in [2.45, 2.75) is 33.1 Å². The summed E-state index contributed by atoms with van der Waals surface area (Å²) >= 11 is 0. The highest BCUT2D eigenvalue weighted by atomic mass is 16.5. The van der Waals surface area contributed by atoms with Gasteiger partial charge in [-0.25, -0.2) is 9.97 Å². The summed E-state index contributed by atoms with van der Waals surface area (Å²) in [6.45, 7) is 8.84. The average molecular weight is 320 g/mol. The first-order chi connectivity index (χ1) is 11.6. The molecule has 0 saturated heterocycles. The molecule has 0 saturated carbocycles. The second-order valence-electron chi connectivity index (χ2n) is 6.58. The van der Waals surface area contributed by atoms with Gasteiger partial charge in [0.1, 0.15) is 12.4 Å². The summed E-state index contributed by atoms with van der Waals surface area (Å²) in [5.41, 5.74) is 4.75. The number of allylic oxidation sites excluding steroid dienone is 2. The zero-order valence-electron chi connectivity index (χ0n) is 14.5. The summed E-state index contributed by atoms with van der Waals surface area (Å²) in [5, 5.41) is 0. The molecule has 1 aromatic carbocycles. The molecule has 0 aliphatic heterocycles. The Labute approximate surface area is 144 Å². The molecule has 0 amide bonds. The zero-order chi connectivity index (χ0) is 16.9. The fraction of sp³-hybridized carbons (Fsp3) is 0.333. The Morgan fingerprint density at radius 2 is 1.92 bits per heavy atom. The number of aryl methyl sites for hydroxylation is 1. The van der Waals surface area contributed by atoms with Gasteiger partial charge in [-0.15, -0.1) is 0 Å². The molecule has 2 aromatic rings. The highest BCUT2D eigenvalue weighted by Crippen LogP contribution is 2.28. The third-order valence-corrected chi connectivity index (χ3v) is 4.52. The molecule has 1 atom stereocenters. The minimum Gasteiger partial charge on any atom is -0.489 e. The quantitative estimate of drug-likeness (QED) is 0.716. The van der Waals surface area contributed by atoms with Crippen molar-refractivity contribution in [2.24, 2.45) is 5.92 Å². The number of aromatic nitrogens is 2. The van der Waals surface area contributed by atoms with Gasteiger partial charge in [-0.05, 0) is 74.4 Å². The summed E-state index contributed by atoms with van der Waals surface area (Å²) in [7, 11) is 0. The Bertz CT molecular complexity index is 729. The minimum absolute atomic E-state index is 0.641. The largest absolute Gasteiger partial charge is 0.489 e. The van der Waals surface area contributed by atoms with E-state index in [-0.39, 0.29) is 0 Å². The lowest BCUT2D eigenvalue weighted by molar-refractivity contribution is 0.339. The highest BCUT2D eigenvalue weighted by Gasteiger charge is 2.15. The fourth-order valence-corrected chi connectivity index (χ4v) is 2.89. The van der Waals surface area contributed by atoms with Crippen molar-refractivity contribution in [3.8, 4) is 17.1 Å². The van der Waals surface area contributed by atoms with Gasteiger partial charge < -0.3 is 4.74 Å². The van der Waals surface area contributed by atoms with Gasteiger partial charge in [-0.1, -0.05) is 18.2 Å². The molecule has 3 rings (SSSR count). The van der Waals surface area contributed by atoms with Crippen LogP contribution in [0.3, 0.4) is 0 Å². The van der Waals surface area contributed by atoms with Crippen LogP contribution in [0.15, 0.2) is 60.5 Å². The van der Waals surface area contributed by atoms with Gasteiger partial charge in [-0.3, -0.25) is 0 Å². The van der Waals surface area contributed by atoms with Crippen LogP contribution in [0.25, 0.3) is 11.4 Å². The van der Waals surface area contributed by atoms with E-state index in [4.69, 9.17) is 4.74 Å². The molecule has 1 aliphatic rings. The second-order valence-corrected chi connectivity index (χ2v) is 6.58. The monoisotopic (exact) mass is 320 g/mol. The van der Waals surface area contributed by atoms with Crippen LogP contribution in [-0.2, 0) is 0 Å². The van der Waals surface area contributed by atoms with Crippen molar-refractivity contribution < 1.29 is 4.74 Å². The van der Waals surface area contributed by atoms with E-state index in [1.807, 2.05) is 43.6 Å². The Morgan fingerprint density at radius 3 is 2.50 bits per heavy atom. The molecule has 0 fully saturated rings. The molecular formula is C21H24N2O. The predicted molar refractivity (Wildman–Crippen MR) is 97.9 cm³/mol. The Balaban J connectivity index is 1.57. The maximum Gasteiger partial charge on any atom is 0.159 e. The summed E-state index contributed by atoms with van der Waals surface area (Å²) in [5.74, 6) is 2.27. The average Bonchev–Trinajstić information content (AvgIpc) is 2.61. The first kappa shape index (κ1) is 16.4. The van der Waals surface area contributed by atoms with Gasteiger partial charge in [0.05, 0.1) is 0 Å². The molecule has 0 radical (unpaired) electrons. The third-order valence-electron chi connectivity index (χ3n) is 4.52. The fourth-order valence-electron chi connectivity index (χ4n) is 2.89. The van der Waals surface area contributed by atoms with Crippen molar-refractivity contribution in [3.63, 3.8) is 0 Å². The number of hydrogen-bond acceptors (Lipinski definition) is 3. The smallest absolute Gasteiger partial charge is 0.159 e. The van der Waals surface area contributed by atoms with E-state index in [1.165, 1.54) is 17.6 Å². The Morgan fingerprint density at radius 1 is 1.21 bits per heavy atom. The maximum absolute atomic E-state index is 5.92. The lowest BCUT2D eigenvalue weighted by Gasteiger charge is -2.22. The number of benzene rings is 1. The Kier molecular flexibility index (Phi) is 5.09. The first-order valence-corrected chi connectivity index (χ1v) is 8.47. The predicted octanol–water partition coefficient (Wildman–Crippen LogP) is 5.13. The molecule has 3 heteroatoms. The van der Waals surface area contributed by atoms with E-state index in [0.717, 1.165) is 35.5 Å². The van der Waals surface area contributed by atoms with Crippen LogP contribution in [0.4, 0.5) is 0 Å². The molecule has 1 aromatic heterocycles. The van der Waals surface area contributed by atoms with Crippen LogP contribution in [0.5, 0.6) is 5.75 Å². The van der Waals surface area contributed by atoms with E-state index in [9.17, 15) is 0 Å². The van der Waals surface area contributed by atoms with Crippen molar-refractivity contribution in [3.05, 3.63) is 66.0 Å². The molecule has 3 nitrogen and oxygen atoms in total. The van der Waals surface area contributed by atoms with Gasteiger partial charge in [0.25, 0.3) is 0 Å². The number of hydrogen-bond donors (Lipinski definition) is 0. The number of nitrogens with zero attached hydrogens (tertiary/aromatic N) is 2. The highest BCUT2D eigenvalue weighted by molar-refractivity contribution is 5.55. The van der Waals surface area contributed by atoms with Crippen LogP contribution < -0.4 is 4.74 Å². The summed E-state index contributed by atoms with van der Waals surface area (Å²) in [6, 6.07) is 7.98. The summed E-state index contributed by atoms with van der Waals surface area (Å²) in [4.78, 5) is 8.70. The van der Waals surface area contributed by atoms with Crippen molar-refractivity contribution in [1.82, 2.24) is 9.97 Å². The van der Waals surface area contributed by atoms with Crippen molar-refractivity contribution >= 4 is 0 Å². The van der Waals surface area contributed by atoms with Gasteiger partial charge in [0.15, 0.2) is 5.82 Å². The van der Waals surface area contributed by atoms with E-state index >= 15 is 0 Å². The molecule has 1 aliphatic carbocycles. The molecule has 124 valence electrons. The molecule has 0 spiro atoms. The standard InChI is InChI=1S/C21H24N2O/c1-15(2)18-6-4-17(5-7-18)14-24-20-10-8-19(9-11-20)21-22-12-16(3)13-23-21/h4,8-13,18H,1,5-7,14H2,2-3H3. The lowest BCUT2D eigenvalue weighted by Crippen LogP contribution is -2.10. The third kappa shape index (κ3) is 4.10. The molecule has 1 heterocycles. The molecular weight excluding hydrogens is 296 g/mol. The van der Waals surface area contributed by atoms with Gasteiger partial charge >= 0.3 is 0 Å². The van der Waals surface area contributed by atoms with E-state index in [2.05, 4.69) is 29.5 Å². The minimum atomic E-state index is 0.641. The van der Waals surface area contributed by atoms with Gasteiger partial charge in [-0.2, -0.15) is 0 Å². The summed E-state index contributed by atoms with van der Waals surface area (Å²) < 4.78 is 5.92. The van der Waals surface area contributed by atoms with E-state index in [1.54, 1.807) is 0 Å². The first-order valence-electron chi connectivity index (χ1n) is 8.47. The molecule has 1 unspecified atom stereocenters. The van der Waals surface area contributed by atoms with Gasteiger partial charge in [0.2, 0.25) is 0 Å². The van der Waals surface area contributed by atoms with Crippen LogP contribution >= 0.6 is 0 Å². The Hall–Kier alpha value is -2.42. The van der Waals surface area contributed by atoms with E-state index < -0.39 is 0 Å². The van der Waals surface area contributed by atoms with Crippen molar-refractivity contribution in [2.75, 3.05) is 6.61 Å². The molecule has 0 N–H and O–H groups in total. The van der Waals surface area contributed by atoms with Crippen LogP contribution in [0.1, 0.15) is 31.7 Å².